The van der Waals surface area contributed by atoms with Gasteiger partial charge in [-0.15, -0.1) is 0 Å². The van der Waals surface area contributed by atoms with E-state index < -0.39 is 29.3 Å². The van der Waals surface area contributed by atoms with Crippen molar-refractivity contribution in [2.24, 2.45) is 11.8 Å². The van der Waals surface area contributed by atoms with Gasteiger partial charge in [-0.2, -0.15) is 0 Å². The third-order valence-electron chi connectivity index (χ3n) is 4.72. The van der Waals surface area contributed by atoms with E-state index in [2.05, 4.69) is 5.32 Å². The van der Waals surface area contributed by atoms with Gasteiger partial charge in [0.05, 0.1) is 11.5 Å². The molecule has 0 radical (unpaired) electrons. The Labute approximate surface area is 172 Å². The van der Waals surface area contributed by atoms with E-state index >= 15 is 0 Å². The summed E-state index contributed by atoms with van der Waals surface area (Å²) in [5.74, 6) is -4.69. The molecule has 0 bridgehead atoms. The fourth-order valence-electron chi connectivity index (χ4n) is 3.51. The van der Waals surface area contributed by atoms with E-state index in [9.17, 15) is 19.5 Å². The molecule has 7 nitrogen and oxygen atoms in total. The summed E-state index contributed by atoms with van der Waals surface area (Å²) in [6.07, 6.45) is 1.74. The van der Waals surface area contributed by atoms with Gasteiger partial charge in [-0.1, -0.05) is 23.2 Å². The molecule has 0 aromatic heterocycles. The fourth-order valence-corrected chi connectivity index (χ4v) is 4.03. The van der Waals surface area contributed by atoms with E-state index in [1.807, 2.05) is 0 Å². The van der Waals surface area contributed by atoms with Gasteiger partial charge in [0, 0.05) is 28.4 Å². The molecule has 1 aliphatic heterocycles. The van der Waals surface area contributed by atoms with Crippen LogP contribution < -0.4 is 10.2 Å². The lowest BCUT2D eigenvalue weighted by Gasteiger charge is -2.34. The Hall–Kier alpha value is -2.09. The van der Waals surface area contributed by atoms with E-state index in [1.54, 1.807) is 19.1 Å². The molecular weight excluding hydrogens is 407 g/mol. The molecule has 1 saturated heterocycles. The number of aliphatic carboxylic acids is 2. The van der Waals surface area contributed by atoms with Crippen molar-refractivity contribution in [3.05, 3.63) is 39.9 Å². The number of piperidine rings is 1. The SMILES string of the molecule is CCN(C(=O)C(/C(=C\C(=O)O)C(=O)O)C1CCNCC1)c1cc(Cl)cc(Cl)c1. The van der Waals surface area contributed by atoms with Gasteiger partial charge in [-0.3, -0.25) is 4.79 Å². The summed E-state index contributed by atoms with van der Waals surface area (Å²) >= 11 is 12.1. The molecule has 0 saturated carbocycles. The van der Waals surface area contributed by atoms with E-state index in [0.717, 1.165) is 0 Å². The summed E-state index contributed by atoms with van der Waals surface area (Å²) in [4.78, 5) is 37.9. The number of carbonyl (C=O) groups excluding carboxylic acids is 1. The Morgan fingerprint density at radius 3 is 2.21 bits per heavy atom. The fraction of sp³-hybridized carbons (Fsp3) is 0.421. The van der Waals surface area contributed by atoms with Crippen LogP contribution in [0, 0.1) is 11.8 Å². The van der Waals surface area contributed by atoms with Gasteiger partial charge in [-0.25, -0.2) is 9.59 Å². The zero-order chi connectivity index (χ0) is 20.8. The number of hydrogen-bond donors (Lipinski definition) is 3. The van der Waals surface area contributed by atoms with Crippen LogP contribution in [0.2, 0.25) is 10.0 Å². The van der Waals surface area contributed by atoms with Gasteiger partial charge in [-0.05, 0) is 57.0 Å². The molecule has 1 aliphatic rings. The standard InChI is InChI=1S/C19H22Cl2N2O5/c1-2-23(14-8-12(20)7-13(21)9-14)18(26)17(11-3-5-22-6-4-11)15(19(27)28)10-16(24)25/h7-11,17,22H,2-6H2,1H3,(H,24,25)(H,27,28)/b15-10+. The molecule has 2 rings (SSSR count). The van der Waals surface area contributed by atoms with Crippen LogP contribution in [0.1, 0.15) is 19.8 Å². The van der Waals surface area contributed by atoms with Crippen LogP contribution in [0.4, 0.5) is 5.69 Å². The number of carbonyl (C=O) groups is 3. The quantitative estimate of drug-likeness (QED) is 0.576. The lowest BCUT2D eigenvalue weighted by molar-refractivity contribution is -0.137. The second-order valence-corrected chi connectivity index (χ2v) is 7.39. The Bertz CT molecular complexity index is 770. The van der Waals surface area contributed by atoms with Crippen molar-refractivity contribution in [2.45, 2.75) is 19.8 Å². The number of anilines is 1. The van der Waals surface area contributed by atoms with Gasteiger partial charge in [0.1, 0.15) is 0 Å². The highest BCUT2D eigenvalue weighted by atomic mass is 35.5. The molecule has 1 amide bonds. The predicted molar refractivity (Wildman–Crippen MR) is 107 cm³/mol. The molecule has 3 N–H and O–H groups in total. The highest BCUT2D eigenvalue weighted by Crippen LogP contribution is 2.33. The molecule has 9 heteroatoms. The summed E-state index contributed by atoms with van der Waals surface area (Å²) in [6.45, 7) is 3.25. The topological polar surface area (TPSA) is 107 Å². The minimum absolute atomic E-state index is 0.247. The average molecular weight is 429 g/mol. The van der Waals surface area contributed by atoms with Crippen LogP contribution in [-0.2, 0) is 14.4 Å². The first-order valence-electron chi connectivity index (χ1n) is 8.90. The van der Waals surface area contributed by atoms with Crippen molar-refractivity contribution in [3.8, 4) is 0 Å². The average Bonchev–Trinajstić information content (AvgIpc) is 2.61. The molecular formula is C19H22Cl2N2O5. The smallest absolute Gasteiger partial charge is 0.332 e. The van der Waals surface area contributed by atoms with Gasteiger partial charge in [0.25, 0.3) is 0 Å². The highest BCUT2D eigenvalue weighted by Gasteiger charge is 2.38. The second kappa shape index (κ2) is 9.91. The third kappa shape index (κ3) is 5.47. The van der Waals surface area contributed by atoms with Crippen LogP contribution >= 0.6 is 23.2 Å². The minimum Gasteiger partial charge on any atom is -0.478 e. The van der Waals surface area contributed by atoms with Crippen molar-refractivity contribution in [1.82, 2.24) is 5.32 Å². The summed E-state index contributed by atoms with van der Waals surface area (Å²) in [5, 5.41) is 22.6. The molecule has 1 heterocycles. The molecule has 1 fully saturated rings. The zero-order valence-corrected chi connectivity index (χ0v) is 16.8. The number of carboxylic acids is 2. The number of halogens is 2. The van der Waals surface area contributed by atoms with E-state index in [0.29, 0.717) is 47.7 Å². The number of amides is 1. The molecule has 0 spiro atoms. The molecule has 1 aromatic carbocycles. The number of nitrogens with zero attached hydrogens (tertiary/aromatic N) is 1. The van der Waals surface area contributed by atoms with Crippen molar-refractivity contribution in [1.29, 1.82) is 0 Å². The Kier molecular flexibility index (Phi) is 7.86. The van der Waals surface area contributed by atoms with Crippen molar-refractivity contribution < 1.29 is 24.6 Å². The lowest BCUT2D eigenvalue weighted by Crippen LogP contribution is -2.44. The number of benzene rings is 1. The van der Waals surface area contributed by atoms with Crippen LogP contribution in [0.25, 0.3) is 0 Å². The van der Waals surface area contributed by atoms with Crippen LogP contribution in [0.3, 0.4) is 0 Å². The van der Waals surface area contributed by atoms with Crippen molar-refractivity contribution in [2.75, 3.05) is 24.5 Å². The maximum atomic E-state index is 13.4. The normalized spacial score (nSPS) is 16.5. The summed E-state index contributed by atoms with van der Waals surface area (Å²) in [7, 11) is 0. The Morgan fingerprint density at radius 1 is 1.18 bits per heavy atom. The van der Waals surface area contributed by atoms with Crippen LogP contribution in [-0.4, -0.2) is 47.7 Å². The van der Waals surface area contributed by atoms with Gasteiger partial charge in [0.2, 0.25) is 5.91 Å². The second-order valence-electron chi connectivity index (χ2n) is 6.52. The first-order chi connectivity index (χ1) is 13.2. The number of nitrogens with one attached hydrogen (secondary N) is 1. The largest absolute Gasteiger partial charge is 0.478 e. The summed E-state index contributed by atoms with van der Waals surface area (Å²) in [5.41, 5.74) is 0.0139. The van der Waals surface area contributed by atoms with E-state index in [4.69, 9.17) is 28.3 Å². The van der Waals surface area contributed by atoms with Gasteiger partial charge >= 0.3 is 11.9 Å². The molecule has 1 unspecified atom stereocenters. The predicted octanol–water partition coefficient (Wildman–Crippen LogP) is 3.06. The molecule has 1 aromatic rings. The maximum absolute atomic E-state index is 13.4. The minimum atomic E-state index is -1.42. The highest BCUT2D eigenvalue weighted by molar-refractivity contribution is 6.35. The monoisotopic (exact) mass is 428 g/mol. The van der Waals surface area contributed by atoms with Gasteiger partial charge in [0.15, 0.2) is 0 Å². The number of hydrogen-bond acceptors (Lipinski definition) is 4. The summed E-state index contributed by atoms with van der Waals surface area (Å²) < 4.78 is 0. The molecule has 28 heavy (non-hydrogen) atoms. The van der Waals surface area contributed by atoms with Gasteiger partial charge < -0.3 is 20.4 Å². The summed E-state index contributed by atoms with van der Waals surface area (Å²) in [6, 6.07) is 4.66. The first kappa shape index (κ1) is 22.2. The third-order valence-corrected chi connectivity index (χ3v) is 5.16. The number of rotatable bonds is 7. The Balaban J connectivity index is 2.51. The van der Waals surface area contributed by atoms with E-state index in [1.165, 1.54) is 11.0 Å². The number of carboxylic acid groups (broad SMARTS) is 2. The van der Waals surface area contributed by atoms with Crippen LogP contribution in [0.5, 0.6) is 0 Å². The van der Waals surface area contributed by atoms with Crippen LogP contribution in [0.15, 0.2) is 29.8 Å². The molecule has 0 aliphatic carbocycles. The molecule has 1 atom stereocenters. The van der Waals surface area contributed by atoms with Crippen molar-refractivity contribution >= 4 is 46.7 Å². The Morgan fingerprint density at radius 2 is 1.75 bits per heavy atom. The van der Waals surface area contributed by atoms with Crippen molar-refractivity contribution in [3.63, 3.8) is 0 Å². The zero-order valence-electron chi connectivity index (χ0n) is 15.3. The van der Waals surface area contributed by atoms with E-state index in [-0.39, 0.29) is 12.5 Å². The molecule has 152 valence electrons. The lowest BCUT2D eigenvalue weighted by atomic mass is 9.78. The maximum Gasteiger partial charge on any atom is 0.332 e. The first-order valence-corrected chi connectivity index (χ1v) is 9.66.